The number of carboxylic acids is 2. The summed E-state index contributed by atoms with van der Waals surface area (Å²) < 4.78 is 0. The van der Waals surface area contributed by atoms with Crippen molar-refractivity contribution in [1.29, 1.82) is 0 Å². The molecule has 2 radical (unpaired) electrons. The molecule has 0 amide bonds. The molecule has 0 spiro atoms. The predicted octanol–water partition coefficient (Wildman–Crippen LogP) is -4.15. The third-order valence-corrected chi connectivity index (χ3v) is 0.682. The van der Waals surface area contributed by atoms with E-state index in [1.807, 2.05) is 0 Å². The molecular formula is C6H10O6Pb. The molecule has 0 bridgehead atoms. The molecule has 7 heteroatoms. The molecule has 2 atom stereocenters. The number of hydrogen-bond donors (Lipinski definition) is 2. The molecule has 0 saturated heterocycles. The second-order valence-electron chi connectivity index (χ2n) is 1.99. The first-order chi connectivity index (χ1) is 5.29. The topological polar surface area (TPSA) is 121 Å². The summed E-state index contributed by atoms with van der Waals surface area (Å²) in [7, 11) is 0. The molecule has 0 unspecified atom stereocenters. The molecule has 74 valence electrons. The molecule has 0 aliphatic rings. The maximum Gasteiger partial charge on any atom is 2.00 e. The Hall–Kier alpha value is -0.218. The summed E-state index contributed by atoms with van der Waals surface area (Å²) in [5, 5.41) is 34.6. The summed E-state index contributed by atoms with van der Waals surface area (Å²) in [4.78, 5) is 18.7. The van der Waals surface area contributed by atoms with Crippen molar-refractivity contribution in [3.63, 3.8) is 0 Å². The minimum absolute atomic E-state index is 0. The van der Waals surface area contributed by atoms with Crippen molar-refractivity contribution >= 4 is 39.2 Å². The number of carbonyl (C=O) groups excluding carboxylic acids is 2. The average Bonchev–Trinajstić information content (AvgIpc) is 1.88. The van der Waals surface area contributed by atoms with Gasteiger partial charge in [-0.1, -0.05) is 0 Å². The number of aliphatic carboxylic acids is 2. The molecular weight excluding hydrogens is 375 g/mol. The van der Waals surface area contributed by atoms with Crippen LogP contribution in [0.15, 0.2) is 0 Å². The maximum atomic E-state index is 9.34. The largest absolute Gasteiger partial charge is 2.00 e. The van der Waals surface area contributed by atoms with Gasteiger partial charge >= 0.3 is 27.3 Å². The summed E-state index contributed by atoms with van der Waals surface area (Å²) in [6.07, 6.45) is -2.69. The summed E-state index contributed by atoms with van der Waals surface area (Å²) >= 11 is 0. The maximum absolute atomic E-state index is 9.34. The molecule has 13 heavy (non-hydrogen) atoms. The fourth-order valence-electron chi connectivity index (χ4n) is 0. The smallest absolute Gasteiger partial charge is 0.547 e. The zero-order chi connectivity index (χ0) is 10.3. The van der Waals surface area contributed by atoms with Gasteiger partial charge in [0.1, 0.15) is 0 Å². The van der Waals surface area contributed by atoms with E-state index in [4.69, 9.17) is 10.2 Å². The first-order valence-corrected chi connectivity index (χ1v) is 3.06. The first kappa shape index (κ1) is 18.5. The van der Waals surface area contributed by atoms with Crippen molar-refractivity contribution in [2.75, 3.05) is 0 Å². The van der Waals surface area contributed by atoms with Gasteiger partial charge in [0.25, 0.3) is 0 Å². The van der Waals surface area contributed by atoms with Crippen LogP contribution in [-0.4, -0.2) is 61.7 Å². The SMILES string of the molecule is C[C@@H](O)C(=O)[O-].C[C@@H](O)C(=O)[O-].[Pb+2]. The standard InChI is InChI=1S/2C3H6O3.Pb/c2*1-2(4)3(5)6;/h2*2,4H,1H3,(H,5,6);/q;;+2/p-2/t2*2-;/m11./s1. The van der Waals surface area contributed by atoms with Gasteiger partial charge in [0.05, 0.1) is 24.1 Å². The van der Waals surface area contributed by atoms with Crippen LogP contribution in [0.4, 0.5) is 0 Å². The fourth-order valence-corrected chi connectivity index (χ4v) is 0. The van der Waals surface area contributed by atoms with Crippen LogP contribution in [0.1, 0.15) is 13.8 Å². The minimum atomic E-state index is -1.44. The van der Waals surface area contributed by atoms with Crippen molar-refractivity contribution < 1.29 is 30.0 Å². The Kier molecular flexibility index (Phi) is 14.1. The normalized spacial score (nSPS) is 12.6. The number of carboxylic acid groups (broad SMARTS) is 2. The van der Waals surface area contributed by atoms with E-state index in [-0.39, 0.29) is 27.3 Å². The second kappa shape index (κ2) is 9.87. The number of carbonyl (C=O) groups is 2. The van der Waals surface area contributed by atoms with E-state index in [9.17, 15) is 19.8 Å². The Bertz CT molecular complexity index is 137. The molecule has 0 rings (SSSR count). The monoisotopic (exact) mass is 386 g/mol. The second-order valence-corrected chi connectivity index (χ2v) is 1.99. The summed E-state index contributed by atoms with van der Waals surface area (Å²) in [6, 6.07) is 0. The molecule has 0 fully saturated rings. The van der Waals surface area contributed by atoms with Crippen LogP contribution in [0.3, 0.4) is 0 Å². The predicted molar refractivity (Wildman–Crippen MR) is 39.1 cm³/mol. The molecule has 0 aliphatic heterocycles. The van der Waals surface area contributed by atoms with Gasteiger partial charge < -0.3 is 30.0 Å². The van der Waals surface area contributed by atoms with Crippen molar-refractivity contribution in [2.45, 2.75) is 26.1 Å². The third kappa shape index (κ3) is 18.6. The van der Waals surface area contributed by atoms with Gasteiger partial charge in [-0.15, -0.1) is 0 Å². The number of aliphatic hydroxyl groups is 2. The van der Waals surface area contributed by atoms with Crippen LogP contribution in [0.2, 0.25) is 0 Å². The number of rotatable bonds is 2. The van der Waals surface area contributed by atoms with Crippen LogP contribution >= 0.6 is 0 Å². The molecule has 0 saturated carbocycles. The Labute approximate surface area is 95.4 Å². The third-order valence-electron chi connectivity index (χ3n) is 0.682. The van der Waals surface area contributed by atoms with E-state index in [1.54, 1.807) is 0 Å². The van der Waals surface area contributed by atoms with Gasteiger partial charge in [0.2, 0.25) is 0 Å². The van der Waals surface area contributed by atoms with E-state index in [0.717, 1.165) is 13.8 Å². The van der Waals surface area contributed by atoms with Crippen molar-refractivity contribution in [2.24, 2.45) is 0 Å². The molecule has 2 N–H and O–H groups in total. The van der Waals surface area contributed by atoms with E-state index in [2.05, 4.69) is 0 Å². The van der Waals surface area contributed by atoms with Crippen LogP contribution in [-0.2, 0) is 9.59 Å². The van der Waals surface area contributed by atoms with Crippen LogP contribution in [0.5, 0.6) is 0 Å². The Morgan fingerprint density at radius 3 is 1.08 bits per heavy atom. The van der Waals surface area contributed by atoms with Crippen molar-refractivity contribution in [1.82, 2.24) is 0 Å². The van der Waals surface area contributed by atoms with Crippen LogP contribution in [0, 0.1) is 0 Å². The molecule has 0 aromatic heterocycles. The van der Waals surface area contributed by atoms with Crippen LogP contribution in [0.25, 0.3) is 0 Å². The van der Waals surface area contributed by atoms with E-state index in [0.29, 0.717) is 0 Å². The van der Waals surface area contributed by atoms with Gasteiger partial charge in [-0.05, 0) is 13.8 Å². The zero-order valence-corrected chi connectivity index (χ0v) is 11.1. The molecule has 6 nitrogen and oxygen atoms in total. The quantitative estimate of drug-likeness (QED) is 0.466. The number of hydrogen-bond acceptors (Lipinski definition) is 6. The van der Waals surface area contributed by atoms with E-state index in [1.165, 1.54) is 0 Å². The Balaban J connectivity index is -0.000000143. The fraction of sp³-hybridized carbons (Fsp3) is 0.667. The Morgan fingerprint density at radius 1 is 1.00 bits per heavy atom. The van der Waals surface area contributed by atoms with Gasteiger partial charge in [-0.3, -0.25) is 0 Å². The first-order valence-electron chi connectivity index (χ1n) is 3.06. The van der Waals surface area contributed by atoms with Crippen LogP contribution < -0.4 is 10.2 Å². The molecule has 0 aromatic rings. The van der Waals surface area contributed by atoms with Crippen molar-refractivity contribution in [3.8, 4) is 0 Å². The summed E-state index contributed by atoms with van der Waals surface area (Å²) in [5.41, 5.74) is 0. The summed E-state index contributed by atoms with van der Waals surface area (Å²) in [6.45, 7) is 2.27. The van der Waals surface area contributed by atoms with E-state index >= 15 is 0 Å². The molecule has 0 aromatic carbocycles. The molecule has 0 heterocycles. The van der Waals surface area contributed by atoms with E-state index < -0.39 is 24.1 Å². The zero-order valence-electron chi connectivity index (χ0n) is 7.18. The minimum Gasteiger partial charge on any atom is -0.547 e. The number of aliphatic hydroxyl groups excluding tert-OH is 2. The van der Waals surface area contributed by atoms with Gasteiger partial charge in [0.15, 0.2) is 0 Å². The van der Waals surface area contributed by atoms with Gasteiger partial charge in [-0.2, -0.15) is 0 Å². The van der Waals surface area contributed by atoms with Gasteiger partial charge in [0, 0.05) is 0 Å². The summed E-state index contributed by atoms with van der Waals surface area (Å²) in [5.74, 6) is -2.87. The molecule has 0 aliphatic carbocycles. The average molecular weight is 385 g/mol. The van der Waals surface area contributed by atoms with Crippen molar-refractivity contribution in [3.05, 3.63) is 0 Å². The van der Waals surface area contributed by atoms with Gasteiger partial charge in [-0.25, -0.2) is 0 Å². The Morgan fingerprint density at radius 2 is 1.08 bits per heavy atom.